The highest BCUT2D eigenvalue weighted by Gasteiger charge is 2.09. The largest absolute Gasteiger partial charge is 0.286 e. The monoisotopic (exact) mass is 188 g/mol. The summed E-state index contributed by atoms with van der Waals surface area (Å²) in [5, 5.41) is 16.8. The Bertz CT molecular complexity index is 316. The van der Waals surface area contributed by atoms with Gasteiger partial charge >= 0.3 is 0 Å². The van der Waals surface area contributed by atoms with E-state index in [0.717, 1.165) is 25.1 Å². The van der Waals surface area contributed by atoms with E-state index in [1.165, 1.54) is 0 Å². The van der Waals surface area contributed by atoms with E-state index in [2.05, 4.69) is 22.0 Å². The fourth-order valence-electron chi connectivity index (χ4n) is 1.37. The molecule has 1 heterocycles. The van der Waals surface area contributed by atoms with Crippen LogP contribution in [0.2, 0.25) is 0 Å². The van der Waals surface area contributed by atoms with Gasteiger partial charge in [-0.3, -0.25) is 9.89 Å². The van der Waals surface area contributed by atoms with Crippen LogP contribution in [0.1, 0.15) is 6.42 Å². The van der Waals surface area contributed by atoms with Crippen molar-refractivity contribution in [3.8, 4) is 12.1 Å². The Hall–Kier alpha value is -1.65. The fourth-order valence-corrected chi connectivity index (χ4v) is 1.37. The summed E-state index contributed by atoms with van der Waals surface area (Å²) in [6, 6.07) is 4.08. The summed E-state index contributed by atoms with van der Waals surface area (Å²) in [6.45, 7) is 2.37. The van der Waals surface area contributed by atoms with Crippen molar-refractivity contribution < 1.29 is 0 Å². The van der Waals surface area contributed by atoms with Crippen molar-refractivity contribution in [1.29, 1.82) is 10.5 Å². The average molecular weight is 188 g/mol. The smallest absolute Gasteiger partial charge is 0.126 e. The maximum Gasteiger partial charge on any atom is 0.126 e. The summed E-state index contributed by atoms with van der Waals surface area (Å²) in [7, 11) is 0. The van der Waals surface area contributed by atoms with E-state index in [1.807, 2.05) is 6.07 Å². The molecule has 0 aromatic rings. The molecule has 0 fully saturated rings. The zero-order chi connectivity index (χ0) is 10.2. The molecule has 1 aliphatic heterocycles. The van der Waals surface area contributed by atoms with Crippen LogP contribution in [0, 0.1) is 22.7 Å². The van der Waals surface area contributed by atoms with E-state index in [4.69, 9.17) is 10.5 Å². The first-order chi connectivity index (χ1) is 6.86. The quantitative estimate of drug-likeness (QED) is 0.484. The van der Waals surface area contributed by atoms with E-state index in [9.17, 15) is 0 Å². The van der Waals surface area contributed by atoms with E-state index in [1.54, 1.807) is 6.21 Å². The number of nitriles is 2. The van der Waals surface area contributed by atoms with Gasteiger partial charge in [0, 0.05) is 19.3 Å². The molecule has 0 aromatic heterocycles. The molecule has 0 radical (unpaired) electrons. The fraction of sp³-hybridized carbons (Fsp3) is 0.500. The molecule has 4 heteroatoms. The molecule has 0 saturated carbocycles. The number of aliphatic imine (C=N–C) groups is 1. The number of hydrogen-bond donors (Lipinski definition) is 0. The second-order valence-corrected chi connectivity index (χ2v) is 3.06. The van der Waals surface area contributed by atoms with Gasteiger partial charge in [0.15, 0.2) is 0 Å². The first-order valence-corrected chi connectivity index (χ1v) is 4.52. The van der Waals surface area contributed by atoms with Crippen molar-refractivity contribution in [2.45, 2.75) is 6.42 Å². The molecule has 0 N–H and O–H groups in total. The molecule has 0 amide bonds. The van der Waals surface area contributed by atoms with Gasteiger partial charge in [-0.15, -0.1) is 0 Å². The van der Waals surface area contributed by atoms with Crippen LogP contribution in [0.4, 0.5) is 0 Å². The van der Waals surface area contributed by atoms with Crippen LogP contribution >= 0.6 is 0 Å². The Morgan fingerprint density at radius 2 is 2.36 bits per heavy atom. The summed E-state index contributed by atoms with van der Waals surface area (Å²) in [6.07, 6.45) is 4.79. The molecule has 0 unspecified atom stereocenters. The van der Waals surface area contributed by atoms with Crippen molar-refractivity contribution in [3.05, 3.63) is 11.6 Å². The Kier molecular flexibility index (Phi) is 4.40. The first-order valence-electron chi connectivity index (χ1n) is 4.52. The summed E-state index contributed by atoms with van der Waals surface area (Å²) >= 11 is 0. The lowest BCUT2D eigenvalue weighted by molar-refractivity contribution is 0.330. The van der Waals surface area contributed by atoms with Crippen LogP contribution in [-0.4, -0.2) is 37.3 Å². The zero-order valence-corrected chi connectivity index (χ0v) is 7.98. The third kappa shape index (κ3) is 3.38. The van der Waals surface area contributed by atoms with Crippen molar-refractivity contribution in [3.63, 3.8) is 0 Å². The lowest BCUT2D eigenvalue weighted by Gasteiger charge is -2.22. The molecule has 4 nitrogen and oxygen atoms in total. The van der Waals surface area contributed by atoms with Gasteiger partial charge in [-0.1, -0.05) is 6.08 Å². The molecular weight excluding hydrogens is 176 g/mol. The van der Waals surface area contributed by atoms with E-state index in [-0.39, 0.29) is 6.54 Å². The summed E-state index contributed by atoms with van der Waals surface area (Å²) in [5.74, 6) is 0. The lowest BCUT2D eigenvalue weighted by Crippen LogP contribution is -2.30. The molecule has 14 heavy (non-hydrogen) atoms. The highest BCUT2D eigenvalue weighted by atomic mass is 15.1. The summed E-state index contributed by atoms with van der Waals surface area (Å²) < 4.78 is 0. The van der Waals surface area contributed by atoms with E-state index >= 15 is 0 Å². The van der Waals surface area contributed by atoms with Gasteiger partial charge in [0.2, 0.25) is 0 Å². The van der Waals surface area contributed by atoms with Crippen molar-refractivity contribution in [1.82, 2.24) is 4.90 Å². The zero-order valence-electron chi connectivity index (χ0n) is 7.98. The summed E-state index contributed by atoms with van der Waals surface area (Å²) in [5.41, 5.74) is 1.10. The average Bonchev–Trinajstić information content (AvgIpc) is 2.19. The number of hydrogen-bond acceptors (Lipinski definition) is 4. The molecule has 1 rings (SSSR count). The van der Waals surface area contributed by atoms with Crippen LogP contribution < -0.4 is 0 Å². The van der Waals surface area contributed by atoms with Gasteiger partial charge in [0.25, 0.3) is 0 Å². The predicted octanol–water partition coefficient (Wildman–Crippen LogP) is 0.736. The van der Waals surface area contributed by atoms with Gasteiger partial charge in [0.1, 0.15) is 6.54 Å². The van der Waals surface area contributed by atoms with Crippen LogP contribution in [-0.2, 0) is 0 Å². The maximum absolute atomic E-state index is 8.53. The minimum atomic E-state index is 0.204. The van der Waals surface area contributed by atoms with Gasteiger partial charge in [-0.2, -0.15) is 10.5 Å². The lowest BCUT2D eigenvalue weighted by atomic mass is 10.1. The number of nitrogens with zero attached hydrogens (tertiary/aromatic N) is 4. The molecule has 0 aliphatic carbocycles. The van der Waals surface area contributed by atoms with Crippen LogP contribution in [0.15, 0.2) is 16.6 Å². The number of rotatable bonds is 3. The van der Waals surface area contributed by atoms with Crippen LogP contribution in [0.3, 0.4) is 0 Å². The van der Waals surface area contributed by atoms with Gasteiger partial charge < -0.3 is 0 Å². The first kappa shape index (κ1) is 10.4. The third-order valence-electron chi connectivity index (χ3n) is 1.97. The SMILES string of the molecule is N#CCN=CC1=CCCN(CC#N)C1. The Labute approximate surface area is 83.8 Å². The molecular formula is C10H12N4. The third-order valence-corrected chi connectivity index (χ3v) is 1.97. The molecule has 0 bridgehead atoms. The molecule has 0 aromatic carbocycles. The molecule has 72 valence electrons. The minimum absolute atomic E-state index is 0.204. The van der Waals surface area contributed by atoms with Gasteiger partial charge in [-0.25, -0.2) is 0 Å². The van der Waals surface area contributed by atoms with E-state index < -0.39 is 0 Å². The Balaban J connectivity index is 2.44. The molecule has 0 saturated heterocycles. The normalized spacial score (nSPS) is 17.4. The van der Waals surface area contributed by atoms with Crippen molar-refractivity contribution >= 4 is 6.21 Å². The second kappa shape index (κ2) is 5.90. The van der Waals surface area contributed by atoms with Crippen LogP contribution in [0.5, 0.6) is 0 Å². The van der Waals surface area contributed by atoms with E-state index in [0.29, 0.717) is 6.54 Å². The van der Waals surface area contributed by atoms with Gasteiger partial charge in [0.05, 0.1) is 18.7 Å². The molecule has 1 aliphatic rings. The highest BCUT2D eigenvalue weighted by molar-refractivity contribution is 5.79. The molecule has 0 atom stereocenters. The predicted molar refractivity (Wildman–Crippen MR) is 53.7 cm³/mol. The highest BCUT2D eigenvalue weighted by Crippen LogP contribution is 2.06. The van der Waals surface area contributed by atoms with Crippen LogP contribution in [0.25, 0.3) is 0 Å². The van der Waals surface area contributed by atoms with Gasteiger partial charge in [-0.05, 0) is 12.0 Å². The maximum atomic E-state index is 8.53. The Morgan fingerprint density at radius 3 is 3.07 bits per heavy atom. The second-order valence-electron chi connectivity index (χ2n) is 3.06. The topological polar surface area (TPSA) is 63.2 Å². The minimum Gasteiger partial charge on any atom is -0.286 e. The molecule has 0 spiro atoms. The summed E-state index contributed by atoms with van der Waals surface area (Å²) in [4.78, 5) is 6.01. The standard InChI is InChI=1S/C10H12N4/c11-3-5-13-8-10-2-1-6-14(9-10)7-4-12/h2,8H,1,5-7,9H2. The van der Waals surface area contributed by atoms with Crippen molar-refractivity contribution in [2.75, 3.05) is 26.2 Å². The Morgan fingerprint density at radius 1 is 1.50 bits per heavy atom. The van der Waals surface area contributed by atoms with Crippen molar-refractivity contribution in [2.24, 2.45) is 4.99 Å².